The molecule has 0 radical (unpaired) electrons. The minimum atomic E-state index is -0.533. The molecule has 2 N–H and O–H groups in total. The highest BCUT2D eigenvalue weighted by Crippen LogP contribution is 2.34. The Morgan fingerprint density at radius 2 is 1.92 bits per heavy atom. The van der Waals surface area contributed by atoms with Crippen molar-refractivity contribution < 1.29 is 4.79 Å². The zero-order valence-electron chi connectivity index (χ0n) is 8.81. The van der Waals surface area contributed by atoms with Gasteiger partial charge in [-0.15, -0.1) is 0 Å². The van der Waals surface area contributed by atoms with E-state index in [-0.39, 0.29) is 5.78 Å². The zero-order valence-corrected chi connectivity index (χ0v) is 8.81. The van der Waals surface area contributed by atoms with E-state index in [1.807, 2.05) is 13.8 Å². The number of rotatable bonds is 6. The Bertz CT molecular complexity index is 181. The van der Waals surface area contributed by atoms with E-state index in [4.69, 9.17) is 5.73 Å². The largest absolute Gasteiger partial charge is 0.319 e. The summed E-state index contributed by atoms with van der Waals surface area (Å²) in [6.45, 7) is 4.00. The number of carbonyl (C=O) groups excluding carboxylic acids is 1. The van der Waals surface area contributed by atoms with E-state index < -0.39 is 5.54 Å². The summed E-state index contributed by atoms with van der Waals surface area (Å²) in [5, 5.41) is 0. The summed E-state index contributed by atoms with van der Waals surface area (Å²) in [7, 11) is 0. The number of hydrogen-bond acceptors (Lipinski definition) is 2. The summed E-state index contributed by atoms with van der Waals surface area (Å²) < 4.78 is 0. The molecular weight excluding hydrogens is 162 g/mol. The number of ketones is 1. The monoisotopic (exact) mass is 183 g/mol. The molecule has 0 aliphatic heterocycles. The van der Waals surface area contributed by atoms with E-state index in [2.05, 4.69) is 0 Å². The summed E-state index contributed by atoms with van der Waals surface area (Å²) in [5.74, 6) is 1.10. The smallest absolute Gasteiger partial charge is 0.152 e. The summed E-state index contributed by atoms with van der Waals surface area (Å²) in [5.41, 5.74) is 5.46. The third-order valence-corrected chi connectivity index (χ3v) is 3.29. The van der Waals surface area contributed by atoms with Crippen LogP contribution in [-0.4, -0.2) is 11.3 Å². The molecule has 0 unspecified atom stereocenters. The SMILES string of the molecule is CCC(N)(CC)C(=O)CCC1CC1. The van der Waals surface area contributed by atoms with Gasteiger partial charge >= 0.3 is 0 Å². The van der Waals surface area contributed by atoms with Crippen LogP contribution >= 0.6 is 0 Å². The standard InChI is InChI=1S/C11H21NO/c1-3-11(12,4-2)10(13)8-7-9-5-6-9/h9H,3-8,12H2,1-2H3. The Labute approximate surface area is 80.9 Å². The number of Topliss-reactive ketones (excluding diaryl/α,β-unsaturated/α-hetero) is 1. The Balaban J connectivity index is 2.33. The normalized spacial score (nSPS) is 17.5. The number of carbonyl (C=O) groups is 1. The van der Waals surface area contributed by atoms with Crippen LogP contribution in [0.4, 0.5) is 0 Å². The zero-order chi connectivity index (χ0) is 9.90. The van der Waals surface area contributed by atoms with Gasteiger partial charge in [-0.25, -0.2) is 0 Å². The average Bonchev–Trinajstić information content (AvgIpc) is 2.96. The topological polar surface area (TPSA) is 43.1 Å². The van der Waals surface area contributed by atoms with Crippen molar-refractivity contribution in [3.63, 3.8) is 0 Å². The van der Waals surface area contributed by atoms with Gasteiger partial charge in [0, 0.05) is 6.42 Å². The first-order valence-corrected chi connectivity index (χ1v) is 5.44. The number of nitrogens with two attached hydrogens (primary N) is 1. The van der Waals surface area contributed by atoms with Crippen molar-refractivity contribution in [2.75, 3.05) is 0 Å². The highest BCUT2D eigenvalue weighted by Gasteiger charge is 2.31. The quantitative estimate of drug-likeness (QED) is 0.686. The van der Waals surface area contributed by atoms with Gasteiger partial charge in [-0.05, 0) is 25.2 Å². The van der Waals surface area contributed by atoms with Gasteiger partial charge < -0.3 is 5.73 Å². The Hall–Kier alpha value is -0.370. The highest BCUT2D eigenvalue weighted by atomic mass is 16.1. The van der Waals surface area contributed by atoms with E-state index >= 15 is 0 Å². The first kappa shape index (κ1) is 10.7. The second-order valence-electron chi connectivity index (χ2n) is 4.27. The van der Waals surface area contributed by atoms with Crippen LogP contribution in [0, 0.1) is 5.92 Å². The maximum atomic E-state index is 11.7. The second-order valence-corrected chi connectivity index (χ2v) is 4.27. The molecule has 13 heavy (non-hydrogen) atoms. The molecule has 0 saturated heterocycles. The highest BCUT2D eigenvalue weighted by molar-refractivity contribution is 5.88. The van der Waals surface area contributed by atoms with E-state index in [0.29, 0.717) is 6.42 Å². The molecule has 2 nitrogen and oxygen atoms in total. The van der Waals surface area contributed by atoms with Crippen LogP contribution in [0.5, 0.6) is 0 Å². The van der Waals surface area contributed by atoms with Crippen molar-refractivity contribution in [1.29, 1.82) is 0 Å². The molecule has 0 atom stereocenters. The molecule has 0 heterocycles. The van der Waals surface area contributed by atoms with Crippen molar-refractivity contribution in [3.05, 3.63) is 0 Å². The van der Waals surface area contributed by atoms with E-state index in [9.17, 15) is 4.79 Å². The Morgan fingerprint density at radius 3 is 2.31 bits per heavy atom. The molecule has 0 aromatic rings. The third-order valence-electron chi connectivity index (χ3n) is 3.29. The lowest BCUT2D eigenvalue weighted by molar-refractivity contribution is -0.124. The molecule has 1 rings (SSSR count). The lowest BCUT2D eigenvalue weighted by atomic mass is 9.86. The van der Waals surface area contributed by atoms with Crippen LogP contribution in [-0.2, 0) is 4.79 Å². The molecule has 2 heteroatoms. The Morgan fingerprint density at radius 1 is 1.38 bits per heavy atom. The van der Waals surface area contributed by atoms with Crippen molar-refractivity contribution >= 4 is 5.78 Å². The molecule has 1 saturated carbocycles. The summed E-state index contributed by atoms with van der Waals surface area (Å²) in [6, 6.07) is 0. The minimum Gasteiger partial charge on any atom is -0.319 e. The first-order valence-electron chi connectivity index (χ1n) is 5.44. The van der Waals surface area contributed by atoms with Crippen LogP contribution < -0.4 is 5.73 Å². The molecule has 0 spiro atoms. The van der Waals surface area contributed by atoms with Crippen LogP contribution in [0.2, 0.25) is 0 Å². The van der Waals surface area contributed by atoms with Crippen LogP contribution in [0.25, 0.3) is 0 Å². The van der Waals surface area contributed by atoms with Gasteiger partial charge in [0.15, 0.2) is 5.78 Å². The predicted molar refractivity (Wildman–Crippen MR) is 54.5 cm³/mol. The fraction of sp³-hybridized carbons (Fsp3) is 0.909. The van der Waals surface area contributed by atoms with Gasteiger partial charge in [0.2, 0.25) is 0 Å². The van der Waals surface area contributed by atoms with Crippen molar-refractivity contribution in [3.8, 4) is 0 Å². The maximum Gasteiger partial charge on any atom is 0.152 e. The van der Waals surface area contributed by atoms with E-state index in [1.54, 1.807) is 0 Å². The van der Waals surface area contributed by atoms with Crippen molar-refractivity contribution in [1.82, 2.24) is 0 Å². The van der Waals surface area contributed by atoms with Gasteiger partial charge in [-0.3, -0.25) is 4.79 Å². The van der Waals surface area contributed by atoms with Gasteiger partial charge in [0.25, 0.3) is 0 Å². The summed E-state index contributed by atoms with van der Waals surface area (Å²) >= 11 is 0. The maximum absolute atomic E-state index is 11.7. The molecule has 0 aromatic carbocycles. The van der Waals surface area contributed by atoms with Gasteiger partial charge in [0.1, 0.15) is 0 Å². The molecule has 76 valence electrons. The molecule has 1 aliphatic carbocycles. The lowest BCUT2D eigenvalue weighted by Crippen LogP contribution is -2.46. The molecule has 0 bridgehead atoms. The second kappa shape index (κ2) is 4.23. The average molecular weight is 183 g/mol. The van der Waals surface area contributed by atoms with E-state index in [1.165, 1.54) is 12.8 Å². The van der Waals surface area contributed by atoms with Crippen LogP contribution in [0.3, 0.4) is 0 Å². The summed E-state index contributed by atoms with van der Waals surface area (Å²) in [4.78, 5) is 11.7. The fourth-order valence-electron chi connectivity index (χ4n) is 1.64. The number of hydrogen-bond donors (Lipinski definition) is 1. The first-order chi connectivity index (χ1) is 6.12. The van der Waals surface area contributed by atoms with Crippen LogP contribution in [0.1, 0.15) is 52.4 Å². The molecule has 1 aliphatic rings. The van der Waals surface area contributed by atoms with Gasteiger partial charge in [0.05, 0.1) is 5.54 Å². The predicted octanol–water partition coefficient (Wildman–Crippen LogP) is 2.26. The molecule has 0 aromatic heterocycles. The van der Waals surface area contributed by atoms with Crippen molar-refractivity contribution in [2.45, 2.75) is 57.9 Å². The fourth-order valence-corrected chi connectivity index (χ4v) is 1.64. The Kier molecular flexibility index (Phi) is 3.48. The molecule has 0 amide bonds. The summed E-state index contributed by atoms with van der Waals surface area (Å²) in [6.07, 6.45) is 5.95. The lowest BCUT2D eigenvalue weighted by Gasteiger charge is -2.24. The van der Waals surface area contributed by atoms with Crippen molar-refractivity contribution in [2.24, 2.45) is 11.7 Å². The molecule has 1 fully saturated rings. The van der Waals surface area contributed by atoms with Gasteiger partial charge in [-0.2, -0.15) is 0 Å². The molecular formula is C11H21NO. The van der Waals surface area contributed by atoms with Gasteiger partial charge in [-0.1, -0.05) is 26.7 Å². The van der Waals surface area contributed by atoms with Crippen LogP contribution in [0.15, 0.2) is 0 Å². The third kappa shape index (κ3) is 2.80. The van der Waals surface area contributed by atoms with E-state index in [0.717, 1.165) is 25.2 Å². The minimum absolute atomic E-state index is 0.268.